The van der Waals surface area contributed by atoms with Crippen molar-refractivity contribution in [3.8, 4) is 5.75 Å². The van der Waals surface area contributed by atoms with Crippen LogP contribution in [0.25, 0.3) is 0 Å². The molecule has 1 aromatic rings. The first-order valence-electron chi connectivity index (χ1n) is 6.00. The highest BCUT2D eigenvalue weighted by molar-refractivity contribution is 6.34. The van der Waals surface area contributed by atoms with Gasteiger partial charge in [-0.1, -0.05) is 23.2 Å². The minimum Gasteiger partial charge on any atom is -0.492 e. The Balaban J connectivity index is 2.94. The van der Waals surface area contributed by atoms with Crippen molar-refractivity contribution >= 4 is 29.2 Å². The number of hydrogen-bond donors (Lipinski definition) is 1. The Morgan fingerprint density at radius 3 is 2.55 bits per heavy atom. The van der Waals surface area contributed by atoms with Crippen LogP contribution in [0.15, 0.2) is 12.1 Å². The molecule has 0 bridgehead atoms. The molecule has 0 aliphatic rings. The van der Waals surface area contributed by atoms with Crippen LogP contribution in [0.3, 0.4) is 0 Å². The van der Waals surface area contributed by atoms with Gasteiger partial charge in [-0.3, -0.25) is 4.79 Å². The summed E-state index contributed by atoms with van der Waals surface area (Å²) in [6.07, 6.45) is -1.08. The lowest BCUT2D eigenvalue weighted by Gasteiger charge is -2.19. The van der Waals surface area contributed by atoms with Crippen LogP contribution < -0.4 is 4.74 Å². The van der Waals surface area contributed by atoms with Gasteiger partial charge >= 0.3 is 5.97 Å². The van der Waals surface area contributed by atoms with E-state index in [1.54, 1.807) is 6.92 Å². The van der Waals surface area contributed by atoms with Crippen molar-refractivity contribution in [1.82, 2.24) is 0 Å². The molecule has 0 aromatic heterocycles. The molecule has 1 rings (SSSR count). The van der Waals surface area contributed by atoms with Gasteiger partial charge in [0.15, 0.2) is 0 Å². The van der Waals surface area contributed by atoms with Gasteiger partial charge in [-0.2, -0.15) is 0 Å². The Morgan fingerprint density at radius 1 is 1.35 bits per heavy atom. The number of aliphatic carboxylic acids is 1. The molecule has 3 nitrogen and oxygen atoms in total. The Kier molecular flexibility index (Phi) is 6.02. The van der Waals surface area contributed by atoms with Crippen molar-refractivity contribution < 1.29 is 23.4 Å². The summed E-state index contributed by atoms with van der Waals surface area (Å²) in [5.41, 5.74) is -0.419. The van der Waals surface area contributed by atoms with Crippen LogP contribution in [-0.4, -0.2) is 17.7 Å². The SMILES string of the molecule is CCOc1cc(Cl)c(C(F)(F)CCCC(=O)O)cc1Cl. The number of rotatable bonds is 7. The molecule has 0 radical (unpaired) electrons. The van der Waals surface area contributed by atoms with E-state index in [4.69, 9.17) is 33.0 Å². The largest absolute Gasteiger partial charge is 0.492 e. The fourth-order valence-corrected chi connectivity index (χ4v) is 2.18. The molecule has 0 heterocycles. The average Bonchev–Trinajstić information content (AvgIpc) is 2.32. The first-order valence-corrected chi connectivity index (χ1v) is 6.75. The fourth-order valence-electron chi connectivity index (χ4n) is 1.67. The van der Waals surface area contributed by atoms with E-state index in [1.807, 2.05) is 0 Å². The highest BCUT2D eigenvalue weighted by Gasteiger charge is 2.34. The zero-order chi connectivity index (χ0) is 15.3. The monoisotopic (exact) mass is 326 g/mol. The number of carbonyl (C=O) groups is 1. The molecule has 0 atom stereocenters. The molecule has 0 saturated heterocycles. The predicted octanol–water partition coefficient (Wildman–Crippen LogP) is 4.74. The van der Waals surface area contributed by atoms with Crippen molar-refractivity contribution in [1.29, 1.82) is 0 Å². The molecule has 0 amide bonds. The van der Waals surface area contributed by atoms with E-state index in [2.05, 4.69) is 0 Å². The van der Waals surface area contributed by atoms with Crippen LogP contribution in [0.5, 0.6) is 5.75 Å². The topological polar surface area (TPSA) is 46.5 Å². The molecule has 1 aromatic carbocycles. The van der Waals surface area contributed by atoms with E-state index in [-0.39, 0.29) is 28.6 Å². The second kappa shape index (κ2) is 7.09. The smallest absolute Gasteiger partial charge is 0.303 e. The molecule has 0 fully saturated rings. The lowest BCUT2D eigenvalue weighted by atomic mass is 10.0. The molecule has 1 N–H and O–H groups in total. The summed E-state index contributed by atoms with van der Waals surface area (Å²) >= 11 is 11.7. The van der Waals surface area contributed by atoms with Crippen molar-refractivity contribution in [2.75, 3.05) is 6.61 Å². The molecule has 0 aliphatic heterocycles. The number of ether oxygens (including phenoxy) is 1. The maximum absolute atomic E-state index is 14.0. The van der Waals surface area contributed by atoms with Gasteiger partial charge < -0.3 is 9.84 Å². The average molecular weight is 327 g/mol. The molecular formula is C13H14Cl2F2O3. The van der Waals surface area contributed by atoms with Gasteiger partial charge in [0.25, 0.3) is 5.92 Å². The quantitative estimate of drug-likeness (QED) is 0.787. The maximum Gasteiger partial charge on any atom is 0.303 e. The molecule has 20 heavy (non-hydrogen) atoms. The molecule has 0 aliphatic carbocycles. The van der Waals surface area contributed by atoms with Gasteiger partial charge in [0.2, 0.25) is 0 Å². The number of hydrogen-bond acceptors (Lipinski definition) is 2. The van der Waals surface area contributed by atoms with Crippen LogP contribution in [0, 0.1) is 0 Å². The Labute approximate surface area is 125 Å². The number of carboxylic acid groups (broad SMARTS) is 1. The van der Waals surface area contributed by atoms with E-state index < -0.39 is 23.9 Å². The molecule has 7 heteroatoms. The van der Waals surface area contributed by atoms with Crippen molar-refractivity contribution in [2.24, 2.45) is 0 Å². The zero-order valence-electron chi connectivity index (χ0n) is 10.8. The van der Waals surface area contributed by atoms with Crippen molar-refractivity contribution in [3.63, 3.8) is 0 Å². The highest BCUT2D eigenvalue weighted by atomic mass is 35.5. The molecule has 0 spiro atoms. The third-order valence-electron chi connectivity index (χ3n) is 2.60. The van der Waals surface area contributed by atoms with E-state index in [9.17, 15) is 13.6 Å². The van der Waals surface area contributed by atoms with Crippen LogP contribution in [0.2, 0.25) is 10.0 Å². The summed E-state index contributed by atoms with van der Waals surface area (Å²) < 4.78 is 33.1. The summed E-state index contributed by atoms with van der Waals surface area (Å²) in [6, 6.07) is 2.31. The summed E-state index contributed by atoms with van der Waals surface area (Å²) in [4.78, 5) is 10.4. The first kappa shape index (κ1) is 17.0. The molecule has 0 unspecified atom stereocenters. The van der Waals surface area contributed by atoms with Crippen LogP contribution >= 0.6 is 23.2 Å². The van der Waals surface area contributed by atoms with Crippen LogP contribution in [-0.2, 0) is 10.7 Å². The second-order valence-electron chi connectivity index (χ2n) is 4.15. The van der Waals surface area contributed by atoms with E-state index in [0.29, 0.717) is 6.61 Å². The first-order chi connectivity index (χ1) is 9.27. The second-order valence-corrected chi connectivity index (χ2v) is 4.96. The zero-order valence-corrected chi connectivity index (χ0v) is 12.3. The van der Waals surface area contributed by atoms with Crippen LogP contribution in [0.4, 0.5) is 8.78 Å². The number of benzene rings is 1. The number of halogens is 4. The number of carboxylic acids is 1. The van der Waals surface area contributed by atoms with Gasteiger partial charge in [0.1, 0.15) is 5.75 Å². The molecule has 0 saturated carbocycles. The predicted molar refractivity (Wildman–Crippen MR) is 73.0 cm³/mol. The van der Waals surface area contributed by atoms with Gasteiger partial charge in [0, 0.05) is 24.5 Å². The Morgan fingerprint density at radius 2 is 2.00 bits per heavy atom. The fraction of sp³-hybridized carbons (Fsp3) is 0.462. The van der Waals surface area contributed by atoms with E-state index in [0.717, 1.165) is 6.07 Å². The standard InChI is InChI=1S/C13H14Cl2F2O3/c1-2-20-11-7-9(14)8(6-10(11)15)13(16,17)5-3-4-12(18)19/h6-7H,2-5H2,1H3,(H,18,19). The maximum atomic E-state index is 14.0. The minimum absolute atomic E-state index is 0.0455. The normalized spacial score (nSPS) is 11.4. The Hall–Kier alpha value is -1.07. The summed E-state index contributed by atoms with van der Waals surface area (Å²) in [5.74, 6) is -4.11. The summed E-state index contributed by atoms with van der Waals surface area (Å²) in [7, 11) is 0. The number of alkyl halides is 2. The molecule has 112 valence electrons. The van der Waals surface area contributed by atoms with Gasteiger partial charge in [-0.25, -0.2) is 8.78 Å². The third kappa shape index (κ3) is 4.49. The summed E-state index contributed by atoms with van der Waals surface area (Å²) in [5, 5.41) is 8.36. The third-order valence-corrected chi connectivity index (χ3v) is 3.20. The van der Waals surface area contributed by atoms with E-state index >= 15 is 0 Å². The lowest BCUT2D eigenvalue weighted by Crippen LogP contribution is -2.15. The van der Waals surface area contributed by atoms with Gasteiger partial charge in [-0.05, 0) is 19.4 Å². The minimum atomic E-state index is -3.24. The summed E-state index contributed by atoms with van der Waals surface area (Å²) in [6.45, 7) is 2.07. The lowest BCUT2D eigenvalue weighted by molar-refractivity contribution is -0.137. The van der Waals surface area contributed by atoms with Crippen molar-refractivity contribution in [3.05, 3.63) is 27.7 Å². The van der Waals surface area contributed by atoms with Crippen LogP contribution in [0.1, 0.15) is 31.7 Å². The van der Waals surface area contributed by atoms with E-state index in [1.165, 1.54) is 6.07 Å². The molecular weight excluding hydrogens is 313 g/mol. The highest BCUT2D eigenvalue weighted by Crippen LogP contribution is 2.41. The van der Waals surface area contributed by atoms with Gasteiger partial charge in [-0.15, -0.1) is 0 Å². The van der Waals surface area contributed by atoms with Gasteiger partial charge in [0.05, 0.1) is 16.7 Å². The van der Waals surface area contributed by atoms with Crippen molar-refractivity contribution in [2.45, 2.75) is 32.1 Å². The Bertz CT molecular complexity index is 493.